The summed E-state index contributed by atoms with van der Waals surface area (Å²) >= 11 is 0. The van der Waals surface area contributed by atoms with Crippen molar-refractivity contribution in [3.8, 4) is 0 Å². The SMILES string of the molecule is CN(C)C(=O)CNC(=O)c1ccc(F)nc1. The van der Waals surface area contributed by atoms with Crippen molar-refractivity contribution in [1.82, 2.24) is 15.2 Å². The van der Waals surface area contributed by atoms with Gasteiger partial charge in [-0.3, -0.25) is 9.59 Å². The fourth-order valence-electron chi connectivity index (χ4n) is 0.926. The van der Waals surface area contributed by atoms with Gasteiger partial charge in [0, 0.05) is 20.3 Å². The summed E-state index contributed by atoms with van der Waals surface area (Å²) in [6.07, 6.45) is 1.12. The molecule has 2 amide bonds. The van der Waals surface area contributed by atoms with Crippen molar-refractivity contribution in [2.24, 2.45) is 0 Å². The van der Waals surface area contributed by atoms with Gasteiger partial charge < -0.3 is 10.2 Å². The number of hydrogen-bond acceptors (Lipinski definition) is 3. The first-order valence-corrected chi connectivity index (χ1v) is 4.60. The van der Waals surface area contributed by atoms with Crippen molar-refractivity contribution in [3.63, 3.8) is 0 Å². The van der Waals surface area contributed by atoms with Crippen LogP contribution in [0.4, 0.5) is 4.39 Å². The first-order chi connectivity index (χ1) is 7.50. The minimum atomic E-state index is -0.652. The highest BCUT2D eigenvalue weighted by Crippen LogP contribution is 1.98. The second-order valence-corrected chi connectivity index (χ2v) is 3.34. The maximum atomic E-state index is 12.5. The third-order valence-electron chi connectivity index (χ3n) is 1.89. The van der Waals surface area contributed by atoms with Crippen molar-refractivity contribution in [2.45, 2.75) is 0 Å². The third-order valence-corrected chi connectivity index (χ3v) is 1.89. The lowest BCUT2D eigenvalue weighted by atomic mass is 10.2. The molecule has 1 aromatic heterocycles. The Kier molecular flexibility index (Phi) is 3.93. The number of nitrogens with one attached hydrogen (secondary N) is 1. The summed E-state index contributed by atoms with van der Waals surface area (Å²) in [5, 5.41) is 2.41. The van der Waals surface area contributed by atoms with Crippen LogP contribution in [0.15, 0.2) is 18.3 Å². The molecular weight excluding hydrogens is 213 g/mol. The number of aromatic nitrogens is 1. The molecule has 0 aliphatic heterocycles. The molecule has 86 valence electrons. The van der Waals surface area contributed by atoms with Crippen molar-refractivity contribution < 1.29 is 14.0 Å². The van der Waals surface area contributed by atoms with Crippen molar-refractivity contribution >= 4 is 11.8 Å². The van der Waals surface area contributed by atoms with Crippen LogP contribution in [0.25, 0.3) is 0 Å². The number of rotatable bonds is 3. The highest BCUT2D eigenvalue weighted by atomic mass is 19.1. The zero-order valence-corrected chi connectivity index (χ0v) is 9.03. The van der Waals surface area contributed by atoms with Crippen LogP contribution in [-0.4, -0.2) is 42.3 Å². The predicted octanol–water partition coefficient (Wildman–Crippen LogP) is 0.0387. The van der Waals surface area contributed by atoms with Crippen molar-refractivity contribution in [1.29, 1.82) is 0 Å². The number of hydrogen-bond donors (Lipinski definition) is 1. The van der Waals surface area contributed by atoms with Crippen LogP contribution in [0.2, 0.25) is 0 Å². The van der Waals surface area contributed by atoms with Crippen LogP contribution in [0.5, 0.6) is 0 Å². The van der Waals surface area contributed by atoms with Gasteiger partial charge >= 0.3 is 0 Å². The van der Waals surface area contributed by atoms with E-state index in [1.54, 1.807) is 14.1 Å². The van der Waals surface area contributed by atoms with Crippen LogP contribution in [-0.2, 0) is 4.79 Å². The molecule has 16 heavy (non-hydrogen) atoms. The molecule has 0 atom stereocenters. The lowest BCUT2D eigenvalue weighted by molar-refractivity contribution is -0.127. The number of pyridine rings is 1. The zero-order chi connectivity index (χ0) is 12.1. The maximum Gasteiger partial charge on any atom is 0.253 e. The number of carbonyl (C=O) groups excluding carboxylic acids is 2. The van der Waals surface area contributed by atoms with Crippen LogP contribution in [0, 0.1) is 5.95 Å². The molecule has 0 saturated carbocycles. The van der Waals surface area contributed by atoms with Gasteiger partial charge in [-0.1, -0.05) is 0 Å². The van der Waals surface area contributed by atoms with Gasteiger partial charge in [-0.15, -0.1) is 0 Å². The summed E-state index contributed by atoms with van der Waals surface area (Å²) < 4.78 is 12.5. The molecular formula is C10H12FN3O2. The van der Waals surface area contributed by atoms with E-state index in [1.165, 1.54) is 11.0 Å². The lowest BCUT2D eigenvalue weighted by Crippen LogP contribution is -2.36. The minimum Gasteiger partial charge on any atom is -0.347 e. The van der Waals surface area contributed by atoms with E-state index in [2.05, 4.69) is 10.3 Å². The minimum absolute atomic E-state index is 0.0940. The Bertz CT molecular complexity index is 390. The van der Waals surface area contributed by atoms with E-state index in [-0.39, 0.29) is 18.0 Å². The standard InChI is InChI=1S/C10H12FN3O2/c1-14(2)9(15)6-13-10(16)7-3-4-8(11)12-5-7/h3-5H,6H2,1-2H3,(H,13,16). The smallest absolute Gasteiger partial charge is 0.253 e. The molecule has 0 spiro atoms. The molecule has 0 unspecified atom stereocenters. The van der Waals surface area contributed by atoms with Gasteiger partial charge in [0.15, 0.2) is 0 Å². The van der Waals surface area contributed by atoms with Gasteiger partial charge in [-0.2, -0.15) is 4.39 Å². The van der Waals surface area contributed by atoms with E-state index >= 15 is 0 Å². The van der Waals surface area contributed by atoms with E-state index in [4.69, 9.17) is 0 Å². The molecule has 0 bridgehead atoms. The molecule has 0 aliphatic rings. The summed E-state index contributed by atoms with van der Waals surface area (Å²) in [5.74, 6) is -1.33. The Morgan fingerprint density at radius 2 is 2.12 bits per heavy atom. The average Bonchev–Trinajstić information content (AvgIpc) is 2.26. The molecule has 1 N–H and O–H groups in total. The van der Waals surface area contributed by atoms with E-state index < -0.39 is 11.9 Å². The Labute approximate surface area is 92.3 Å². The molecule has 0 aliphatic carbocycles. The highest BCUT2D eigenvalue weighted by molar-refractivity contribution is 5.96. The molecule has 0 fully saturated rings. The van der Waals surface area contributed by atoms with E-state index in [0.717, 1.165) is 12.3 Å². The van der Waals surface area contributed by atoms with Crippen LogP contribution in [0.3, 0.4) is 0 Å². The average molecular weight is 225 g/mol. The fraction of sp³-hybridized carbons (Fsp3) is 0.300. The Morgan fingerprint density at radius 3 is 2.62 bits per heavy atom. The van der Waals surface area contributed by atoms with Crippen LogP contribution in [0.1, 0.15) is 10.4 Å². The molecule has 0 aromatic carbocycles. The normalized spacial score (nSPS) is 9.69. The fourth-order valence-corrected chi connectivity index (χ4v) is 0.926. The highest BCUT2D eigenvalue weighted by Gasteiger charge is 2.09. The molecule has 1 rings (SSSR count). The number of nitrogens with zero attached hydrogens (tertiary/aromatic N) is 2. The number of halogens is 1. The summed E-state index contributed by atoms with van der Waals surface area (Å²) in [4.78, 5) is 27.3. The largest absolute Gasteiger partial charge is 0.347 e. The first-order valence-electron chi connectivity index (χ1n) is 4.60. The van der Waals surface area contributed by atoms with Gasteiger partial charge in [0.1, 0.15) is 0 Å². The molecule has 0 saturated heterocycles. The van der Waals surface area contributed by atoms with Gasteiger partial charge in [0.05, 0.1) is 12.1 Å². The number of likely N-dealkylation sites (N-methyl/N-ethyl adjacent to an activating group) is 1. The predicted molar refractivity (Wildman–Crippen MR) is 55.2 cm³/mol. The van der Waals surface area contributed by atoms with Gasteiger partial charge in [-0.05, 0) is 12.1 Å². The third kappa shape index (κ3) is 3.30. The monoisotopic (exact) mass is 225 g/mol. The summed E-state index contributed by atoms with van der Waals surface area (Å²) in [6, 6.07) is 2.39. The van der Waals surface area contributed by atoms with Crippen LogP contribution < -0.4 is 5.32 Å². The van der Waals surface area contributed by atoms with Crippen molar-refractivity contribution in [3.05, 3.63) is 29.8 Å². The van der Waals surface area contributed by atoms with Crippen LogP contribution >= 0.6 is 0 Å². The molecule has 0 radical (unpaired) electrons. The Hall–Kier alpha value is -1.98. The van der Waals surface area contributed by atoms with Gasteiger partial charge in [-0.25, -0.2) is 4.98 Å². The van der Waals surface area contributed by atoms with Gasteiger partial charge in [0.25, 0.3) is 5.91 Å². The maximum absolute atomic E-state index is 12.5. The Balaban J connectivity index is 2.53. The van der Waals surface area contributed by atoms with Crippen molar-refractivity contribution in [2.75, 3.05) is 20.6 Å². The number of amides is 2. The second-order valence-electron chi connectivity index (χ2n) is 3.34. The van der Waals surface area contributed by atoms with E-state index in [1.807, 2.05) is 0 Å². The molecule has 1 aromatic rings. The first kappa shape index (κ1) is 12.1. The molecule has 1 heterocycles. The Morgan fingerprint density at radius 1 is 1.44 bits per heavy atom. The molecule has 5 nitrogen and oxygen atoms in total. The second kappa shape index (κ2) is 5.20. The summed E-state index contributed by atoms with van der Waals surface area (Å²) in [7, 11) is 3.18. The van der Waals surface area contributed by atoms with E-state index in [9.17, 15) is 14.0 Å². The molecule has 6 heteroatoms. The quantitative estimate of drug-likeness (QED) is 0.739. The van der Waals surface area contributed by atoms with Gasteiger partial charge in [0.2, 0.25) is 11.9 Å². The summed E-state index contributed by atoms with van der Waals surface area (Å²) in [6.45, 7) is -0.0940. The van der Waals surface area contributed by atoms with E-state index in [0.29, 0.717) is 0 Å². The number of carbonyl (C=O) groups is 2. The summed E-state index contributed by atoms with van der Waals surface area (Å²) in [5.41, 5.74) is 0.216. The zero-order valence-electron chi connectivity index (χ0n) is 9.03. The lowest BCUT2D eigenvalue weighted by Gasteiger charge is -2.10. The topological polar surface area (TPSA) is 62.3 Å².